The smallest absolute Gasteiger partial charge is 0.256 e. The fourth-order valence-corrected chi connectivity index (χ4v) is 4.88. The van der Waals surface area contributed by atoms with Crippen LogP contribution in [0.1, 0.15) is 47.6 Å². The molecule has 2 amide bonds. The second-order valence-corrected chi connectivity index (χ2v) is 9.38. The van der Waals surface area contributed by atoms with Crippen LogP contribution in [0.25, 0.3) is 0 Å². The largest absolute Gasteiger partial charge is 0.371 e. The number of halogens is 1. The second kappa shape index (κ2) is 10.1. The number of nitrogens with zero attached hydrogens (tertiary/aromatic N) is 3. The molecule has 0 aromatic heterocycles. The first kappa shape index (κ1) is 23.6. The van der Waals surface area contributed by atoms with Crippen LogP contribution in [0.3, 0.4) is 0 Å². The van der Waals surface area contributed by atoms with Gasteiger partial charge in [-0.15, -0.1) is 12.4 Å². The number of hydrogen-bond donors (Lipinski definition) is 1. The maximum absolute atomic E-state index is 13.9. The molecular weight excluding hydrogens is 436 g/mol. The summed E-state index contributed by atoms with van der Waals surface area (Å²) in [5.41, 5.74) is 3.65. The summed E-state index contributed by atoms with van der Waals surface area (Å²) < 4.78 is 0. The highest BCUT2D eigenvalue weighted by atomic mass is 35.5. The van der Waals surface area contributed by atoms with Gasteiger partial charge in [0.25, 0.3) is 5.91 Å². The molecule has 3 aliphatic rings. The van der Waals surface area contributed by atoms with Crippen molar-refractivity contribution >= 4 is 35.6 Å². The maximum atomic E-state index is 13.9. The summed E-state index contributed by atoms with van der Waals surface area (Å²) in [6.07, 6.45) is 4.22. The number of hydrogen-bond acceptors (Lipinski definition) is 4. The minimum atomic E-state index is 0. The zero-order valence-electron chi connectivity index (χ0n) is 19.2. The molecule has 33 heavy (non-hydrogen) atoms. The Morgan fingerprint density at radius 2 is 1.67 bits per heavy atom. The Morgan fingerprint density at radius 1 is 0.939 bits per heavy atom. The summed E-state index contributed by atoms with van der Waals surface area (Å²) in [5, 5.41) is 3.06. The molecule has 1 unspecified atom stereocenters. The predicted molar refractivity (Wildman–Crippen MR) is 134 cm³/mol. The molecule has 0 spiro atoms. The van der Waals surface area contributed by atoms with Crippen LogP contribution in [0.15, 0.2) is 48.5 Å². The number of rotatable bonds is 5. The van der Waals surface area contributed by atoms with Crippen molar-refractivity contribution < 1.29 is 9.59 Å². The van der Waals surface area contributed by atoms with Crippen LogP contribution >= 0.6 is 12.4 Å². The average molecular weight is 469 g/mol. The molecule has 2 aromatic carbocycles. The summed E-state index contributed by atoms with van der Waals surface area (Å²) in [7, 11) is 2.12. The van der Waals surface area contributed by atoms with E-state index in [1.807, 2.05) is 41.3 Å². The number of carbonyl (C=O) groups excluding carboxylic acids is 2. The highest BCUT2D eigenvalue weighted by Gasteiger charge is 2.33. The van der Waals surface area contributed by atoms with Gasteiger partial charge in [0.1, 0.15) is 0 Å². The van der Waals surface area contributed by atoms with E-state index in [0.29, 0.717) is 6.54 Å². The number of carbonyl (C=O) groups is 2. The number of anilines is 2. The molecule has 1 saturated carbocycles. The van der Waals surface area contributed by atoms with Crippen LogP contribution in [-0.2, 0) is 4.79 Å². The van der Waals surface area contributed by atoms with Gasteiger partial charge in [-0.05, 0) is 56.5 Å². The highest BCUT2D eigenvalue weighted by molar-refractivity contribution is 6.02. The molecule has 1 aliphatic carbocycles. The van der Waals surface area contributed by atoms with Crippen molar-refractivity contribution in [2.45, 2.75) is 31.7 Å². The summed E-state index contributed by atoms with van der Waals surface area (Å²) >= 11 is 0. The van der Waals surface area contributed by atoms with Crippen LogP contribution in [-0.4, -0.2) is 61.4 Å². The highest BCUT2D eigenvalue weighted by Crippen LogP contribution is 2.34. The van der Waals surface area contributed by atoms with E-state index in [4.69, 9.17) is 0 Å². The molecule has 2 heterocycles. The van der Waals surface area contributed by atoms with E-state index < -0.39 is 0 Å². The third-order valence-corrected chi connectivity index (χ3v) is 6.92. The fraction of sp³-hybridized carbons (Fsp3) is 0.462. The van der Waals surface area contributed by atoms with Gasteiger partial charge in [-0.1, -0.05) is 30.3 Å². The molecule has 2 aliphatic heterocycles. The van der Waals surface area contributed by atoms with Gasteiger partial charge < -0.3 is 20.0 Å². The Kier molecular flexibility index (Phi) is 7.25. The first-order chi connectivity index (χ1) is 15.6. The molecule has 1 atom stereocenters. The topological polar surface area (TPSA) is 55.9 Å². The van der Waals surface area contributed by atoms with E-state index >= 15 is 0 Å². The standard InChI is InChI=1S/C26H32N4O2.ClH/c1-28-15-16-30(24(18-28)19-7-3-2-4-8-19)26(32)22-12-11-21(27-25(31)20-9-10-20)17-23(22)29-13-5-6-14-29;/h2-4,7-8,11-12,17,20,24H,5-6,9-10,13-16,18H2,1H3,(H,27,31);1H. The summed E-state index contributed by atoms with van der Waals surface area (Å²) in [6.45, 7) is 4.29. The van der Waals surface area contributed by atoms with E-state index in [2.05, 4.69) is 34.3 Å². The summed E-state index contributed by atoms with van der Waals surface area (Å²) in [6, 6.07) is 16.2. The molecule has 1 N–H and O–H groups in total. The fourth-order valence-electron chi connectivity index (χ4n) is 4.88. The Labute approximate surface area is 202 Å². The molecule has 7 heteroatoms. The molecule has 3 fully saturated rings. The summed E-state index contributed by atoms with van der Waals surface area (Å²) in [4.78, 5) is 32.8. The van der Waals surface area contributed by atoms with Crippen LogP contribution in [0, 0.1) is 5.92 Å². The van der Waals surface area contributed by atoms with Crippen molar-refractivity contribution in [1.82, 2.24) is 9.80 Å². The van der Waals surface area contributed by atoms with Gasteiger partial charge in [-0.25, -0.2) is 0 Å². The SMILES string of the molecule is CN1CCN(C(=O)c2ccc(NC(=O)C3CC3)cc2N2CCCC2)C(c2ccccc2)C1.Cl. The average Bonchev–Trinajstić information content (AvgIpc) is 3.53. The number of nitrogens with one attached hydrogen (secondary N) is 1. The first-order valence-electron chi connectivity index (χ1n) is 11.8. The lowest BCUT2D eigenvalue weighted by atomic mass is 10.0. The van der Waals surface area contributed by atoms with Crippen molar-refractivity contribution in [2.75, 3.05) is 50.0 Å². The number of amides is 2. The number of benzene rings is 2. The molecule has 2 saturated heterocycles. The van der Waals surface area contributed by atoms with Gasteiger partial charge in [0.05, 0.1) is 17.3 Å². The van der Waals surface area contributed by atoms with E-state index in [1.54, 1.807) is 0 Å². The van der Waals surface area contributed by atoms with Crippen molar-refractivity contribution in [3.8, 4) is 0 Å². The van der Waals surface area contributed by atoms with E-state index in [-0.39, 0.29) is 36.2 Å². The molecule has 2 aromatic rings. The van der Waals surface area contributed by atoms with E-state index in [1.165, 1.54) is 5.56 Å². The van der Waals surface area contributed by atoms with Gasteiger partial charge in [0.15, 0.2) is 0 Å². The lowest BCUT2D eigenvalue weighted by Crippen LogP contribution is -2.49. The Balaban J connectivity index is 0.00000259. The number of likely N-dealkylation sites (N-methyl/N-ethyl adjacent to an activating group) is 1. The molecule has 0 radical (unpaired) electrons. The van der Waals surface area contributed by atoms with Gasteiger partial charge in [-0.3, -0.25) is 9.59 Å². The molecule has 6 nitrogen and oxygen atoms in total. The van der Waals surface area contributed by atoms with Crippen molar-refractivity contribution in [1.29, 1.82) is 0 Å². The van der Waals surface area contributed by atoms with Crippen LogP contribution in [0.4, 0.5) is 11.4 Å². The summed E-state index contributed by atoms with van der Waals surface area (Å²) in [5.74, 6) is 0.331. The first-order valence-corrected chi connectivity index (χ1v) is 11.8. The van der Waals surface area contributed by atoms with Crippen molar-refractivity contribution in [2.24, 2.45) is 5.92 Å². The number of piperazine rings is 1. The zero-order valence-corrected chi connectivity index (χ0v) is 20.0. The Hall–Kier alpha value is -2.57. The molecule has 176 valence electrons. The lowest BCUT2D eigenvalue weighted by molar-refractivity contribution is -0.117. The molecular formula is C26H33ClN4O2. The van der Waals surface area contributed by atoms with Crippen LogP contribution in [0.2, 0.25) is 0 Å². The van der Waals surface area contributed by atoms with Crippen LogP contribution < -0.4 is 10.2 Å². The lowest BCUT2D eigenvalue weighted by Gasteiger charge is -2.41. The van der Waals surface area contributed by atoms with E-state index in [0.717, 1.165) is 68.8 Å². The van der Waals surface area contributed by atoms with Gasteiger partial charge in [0.2, 0.25) is 5.91 Å². The van der Waals surface area contributed by atoms with Gasteiger partial charge >= 0.3 is 0 Å². The minimum Gasteiger partial charge on any atom is -0.371 e. The predicted octanol–water partition coefficient (Wildman–Crippen LogP) is 4.19. The molecule has 0 bridgehead atoms. The van der Waals surface area contributed by atoms with Crippen molar-refractivity contribution in [3.05, 3.63) is 59.7 Å². The zero-order chi connectivity index (χ0) is 22.1. The maximum Gasteiger partial charge on any atom is 0.256 e. The van der Waals surface area contributed by atoms with E-state index in [9.17, 15) is 9.59 Å². The third-order valence-electron chi connectivity index (χ3n) is 6.92. The monoisotopic (exact) mass is 468 g/mol. The minimum absolute atomic E-state index is 0. The van der Waals surface area contributed by atoms with Gasteiger partial charge in [-0.2, -0.15) is 0 Å². The van der Waals surface area contributed by atoms with Crippen molar-refractivity contribution in [3.63, 3.8) is 0 Å². The normalized spacial score (nSPS) is 20.9. The molecule has 5 rings (SSSR count). The Bertz CT molecular complexity index is 989. The Morgan fingerprint density at radius 3 is 2.36 bits per heavy atom. The van der Waals surface area contributed by atoms with Crippen LogP contribution in [0.5, 0.6) is 0 Å². The third kappa shape index (κ3) is 5.17. The second-order valence-electron chi connectivity index (χ2n) is 9.38. The quantitative estimate of drug-likeness (QED) is 0.715. The van der Waals surface area contributed by atoms with Gasteiger partial charge in [0, 0.05) is 44.3 Å².